The molecule has 0 saturated carbocycles. The van der Waals surface area contributed by atoms with E-state index in [9.17, 15) is 4.39 Å². The number of ether oxygens (including phenoxy) is 1. The molecule has 2 N–H and O–H groups in total. The molecule has 0 aliphatic heterocycles. The van der Waals surface area contributed by atoms with Gasteiger partial charge in [0, 0.05) is 6.07 Å². The fourth-order valence-electron chi connectivity index (χ4n) is 1.16. The van der Waals surface area contributed by atoms with Gasteiger partial charge in [-0.15, -0.1) is 0 Å². The minimum absolute atomic E-state index is 0.0980. The van der Waals surface area contributed by atoms with Crippen LogP contribution < -0.4 is 10.5 Å². The Bertz CT molecular complexity index is 373. The zero-order valence-electron chi connectivity index (χ0n) is 8.71. The fraction of sp³-hybridized carbons (Fsp3) is 0.364. The van der Waals surface area contributed by atoms with Gasteiger partial charge < -0.3 is 10.5 Å². The van der Waals surface area contributed by atoms with E-state index in [0.29, 0.717) is 23.8 Å². The van der Waals surface area contributed by atoms with Gasteiger partial charge in [-0.05, 0) is 31.4 Å². The third kappa shape index (κ3) is 4.77. The summed E-state index contributed by atoms with van der Waals surface area (Å²) in [4.78, 5) is 0.512. The maximum absolute atomic E-state index is 13.0. The van der Waals surface area contributed by atoms with Crippen LogP contribution in [0.15, 0.2) is 18.2 Å². The maximum Gasteiger partial charge on any atom is 0.145 e. The lowest BCUT2D eigenvalue weighted by molar-refractivity contribution is 0.306. The molecule has 0 aromatic heterocycles. The van der Waals surface area contributed by atoms with Crippen molar-refractivity contribution in [3.8, 4) is 5.75 Å². The summed E-state index contributed by atoms with van der Waals surface area (Å²) >= 11 is 10.3. The number of thiocarbonyl (C=S) groups is 1. The number of benzene rings is 1. The van der Waals surface area contributed by atoms with Crippen LogP contribution in [-0.4, -0.2) is 11.6 Å². The van der Waals surface area contributed by atoms with Gasteiger partial charge in [-0.1, -0.05) is 23.8 Å². The predicted octanol–water partition coefficient (Wildman–Crippen LogP) is 3.31. The molecule has 16 heavy (non-hydrogen) atoms. The van der Waals surface area contributed by atoms with Crippen LogP contribution in [-0.2, 0) is 0 Å². The quantitative estimate of drug-likeness (QED) is 0.630. The summed E-state index contributed by atoms with van der Waals surface area (Å²) in [5.41, 5.74) is 5.35. The van der Waals surface area contributed by atoms with Gasteiger partial charge in [0.15, 0.2) is 0 Å². The average Bonchev–Trinajstić information content (AvgIpc) is 2.22. The van der Waals surface area contributed by atoms with Gasteiger partial charge in [0.05, 0.1) is 16.6 Å². The number of halogens is 2. The molecule has 0 saturated heterocycles. The third-order valence-electron chi connectivity index (χ3n) is 1.98. The van der Waals surface area contributed by atoms with Crippen LogP contribution in [0.3, 0.4) is 0 Å². The van der Waals surface area contributed by atoms with Gasteiger partial charge in [-0.2, -0.15) is 0 Å². The Morgan fingerprint density at radius 3 is 2.81 bits per heavy atom. The normalized spacial score (nSPS) is 10.1. The van der Waals surface area contributed by atoms with E-state index in [4.69, 9.17) is 34.3 Å². The van der Waals surface area contributed by atoms with Crippen molar-refractivity contribution in [3.63, 3.8) is 0 Å². The first kappa shape index (κ1) is 13.2. The minimum Gasteiger partial charge on any atom is -0.493 e. The first-order valence-electron chi connectivity index (χ1n) is 4.96. The molecule has 0 amide bonds. The van der Waals surface area contributed by atoms with Crippen molar-refractivity contribution in [2.24, 2.45) is 5.73 Å². The molecular weight excluding hydrogens is 249 g/mol. The highest BCUT2D eigenvalue weighted by Gasteiger charge is 2.01. The van der Waals surface area contributed by atoms with Gasteiger partial charge in [-0.25, -0.2) is 4.39 Å². The zero-order chi connectivity index (χ0) is 12.0. The standard InChI is InChI=1S/C11H13ClFNOS/c12-9-5-4-8(7-10(9)13)15-6-2-1-3-11(14)16/h4-5,7H,1-3,6H2,(H2,14,16). The molecule has 0 bridgehead atoms. The Labute approximate surface area is 105 Å². The van der Waals surface area contributed by atoms with Crippen molar-refractivity contribution < 1.29 is 9.13 Å². The van der Waals surface area contributed by atoms with Gasteiger partial charge in [0.25, 0.3) is 0 Å². The number of rotatable bonds is 6. The van der Waals surface area contributed by atoms with Crippen LogP contribution in [0.1, 0.15) is 19.3 Å². The molecule has 0 radical (unpaired) electrons. The predicted molar refractivity (Wildman–Crippen MR) is 67.5 cm³/mol. The number of unbranched alkanes of at least 4 members (excludes halogenated alkanes) is 1. The van der Waals surface area contributed by atoms with E-state index < -0.39 is 5.82 Å². The second-order valence-corrected chi connectivity index (χ2v) is 4.28. The van der Waals surface area contributed by atoms with Crippen molar-refractivity contribution in [1.29, 1.82) is 0 Å². The second-order valence-electron chi connectivity index (χ2n) is 3.35. The Hall–Kier alpha value is -0.870. The molecule has 5 heteroatoms. The molecule has 0 fully saturated rings. The topological polar surface area (TPSA) is 35.2 Å². The van der Waals surface area contributed by atoms with E-state index in [-0.39, 0.29) is 5.02 Å². The summed E-state index contributed by atoms with van der Waals surface area (Å²) in [7, 11) is 0. The van der Waals surface area contributed by atoms with Crippen molar-refractivity contribution in [1.82, 2.24) is 0 Å². The molecular formula is C11H13ClFNOS. The molecule has 1 aromatic rings. The van der Waals surface area contributed by atoms with E-state index in [2.05, 4.69) is 0 Å². The van der Waals surface area contributed by atoms with Crippen molar-refractivity contribution in [2.75, 3.05) is 6.61 Å². The number of hydrogen-bond acceptors (Lipinski definition) is 2. The molecule has 0 aliphatic rings. The summed E-state index contributed by atoms with van der Waals surface area (Å²) in [5.74, 6) is 0.0135. The van der Waals surface area contributed by atoms with Gasteiger partial charge in [0.2, 0.25) is 0 Å². The van der Waals surface area contributed by atoms with E-state index in [1.807, 2.05) is 0 Å². The van der Waals surface area contributed by atoms with Gasteiger partial charge in [-0.3, -0.25) is 0 Å². The molecule has 2 nitrogen and oxygen atoms in total. The maximum atomic E-state index is 13.0. The molecule has 0 heterocycles. The Morgan fingerprint density at radius 1 is 1.44 bits per heavy atom. The van der Waals surface area contributed by atoms with Crippen LogP contribution in [0.25, 0.3) is 0 Å². The fourth-order valence-corrected chi connectivity index (χ4v) is 1.42. The Kier molecular flexibility index (Phi) is 5.49. The zero-order valence-corrected chi connectivity index (χ0v) is 10.3. The monoisotopic (exact) mass is 261 g/mol. The lowest BCUT2D eigenvalue weighted by Crippen LogP contribution is -2.08. The minimum atomic E-state index is -0.470. The van der Waals surface area contributed by atoms with Gasteiger partial charge >= 0.3 is 0 Å². The SMILES string of the molecule is NC(=S)CCCCOc1ccc(Cl)c(F)c1. The summed E-state index contributed by atoms with van der Waals surface area (Å²) in [5, 5.41) is 0.0980. The Balaban J connectivity index is 2.27. The molecule has 88 valence electrons. The number of hydrogen-bond donors (Lipinski definition) is 1. The molecule has 0 unspecified atom stereocenters. The summed E-state index contributed by atoms with van der Waals surface area (Å²) in [6, 6.07) is 4.39. The van der Waals surface area contributed by atoms with Crippen molar-refractivity contribution in [3.05, 3.63) is 29.0 Å². The highest BCUT2D eigenvalue weighted by molar-refractivity contribution is 7.80. The van der Waals surface area contributed by atoms with Crippen LogP contribution in [0.4, 0.5) is 4.39 Å². The van der Waals surface area contributed by atoms with Crippen LogP contribution >= 0.6 is 23.8 Å². The van der Waals surface area contributed by atoms with Gasteiger partial charge in [0.1, 0.15) is 11.6 Å². The molecule has 1 rings (SSSR count). The van der Waals surface area contributed by atoms with E-state index in [1.54, 1.807) is 6.07 Å². The van der Waals surface area contributed by atoms with Crippen molar-refractivity contribution >= 4 is 28.8 Å². The Morgan fingerprint density at radius 2 is 2.19 bits per heavy atom. The largest absolute Gasteiger partial charge is 0.493 e. The van der Waals surface area contributed by atoms with Crippen molar-refractivity contribution in [2.45, 2.75) is 19.3 Å². The first-order valence-corrected chi connectivity index (χ1v) is 5.74. The summed E-state index contributed by atoms with van der Waals surface area (Å²) in [6.07, 6.45) is 2.43. The molecule has 1 aromatic carbocycles. The highest BCUT2D eigenvalue weighted by Crippen LogP contribution is 2.20. The van der Waals surface area contributed by atoms with Crippen LogP contribution in [0.2, 0.25) is 5.02 Å². The summed E-state index contributed by atoms with van der Waals surface area (Å²) in [6.45, 7) is 0.518. The highest BCUT2D eigenvalue weighted by atomic mass is 35.5. The summed E-state index contributed by atoms with van der Waals surface area (Å²) < 4.78 is 18.4. The van der Waals surface area contributed by atoms with E-state index in [0.717, 1.165) is 12.8 Å². The third-order valence-corrected chi connectivity index (χ3v) is 2.49. The lowest BCUT2D eigenvalue weighted by atomic mass is 10.2. The second kappa shape index (κ2) is 6.66. The van der Waals surface area contributed by atoms with E-state index >= 15 is 0 Å². The van der Waals surface area contributed by atoms with E-state index in [1.165, 1.54) is 12.1 Å². The van der Waals surface area contributed by atoms with Crippen LogP contribution in [0.5, 0.6) is 5.75 Å². The first-order chi connectivity index (χ1) is 7.59. The molecule has 0 atom stereocenters. The van der Waals surface area contributed by atoms with Crippen LogP contribution in [0, 0.1) is 5.82 Å². The molecule has 0 aliphatic carbocycles. The smallest absolute Gasteiger partial charge is 0.145 e. The lowest BCUT2D eigenvalue weighted by Gasteiger charge is -2.06. The number of nitrogens with two attached hydrogens (primary N) is 1. The molecule has 0 spiro atoms. The average molecular weight is 262 g/mol.